The first-order chi connectivity index (χ1) is 6.84. The molecule has 1 unspecified atom stereocenters. The van der Waals surface area contributed by atoms with Crippen LogP contribution in [0.3, 0.4) is 0 Å². The minimum absolute atomic E-state index is 0.535. The van der Waals surface area contributed by atoms with Crippen LogP contribution in [0, 0.1) is 6.92 Å². The number of H-pyrrole nitrogens is 1. The minimum atomic E-state index is 0.535. The summed E-state index contributed by atoms with van der Waals surface area (Å²) < 4.78 is 0. The first-order valence-electron chi connectivity index (χ1n) is 5.01. The number of aromatic nitrogens is 2. The topological polar surface area (TPSA) is 40.7 Å². The highest BCUT2D eigenvalue weighted by Gasteiger charge is 2.21. The van der Waals surface area contributed by atoms with Gasteiger partial charge in [-0.25, -0.2) is 4.98 Å². The fourth-order valence-electron chi connectivity index (χ4n) is 1.97. The molecule has 1 fully saturated rings. The summed E-state index contributed by atoms with van der Waals surface area (Å²) in [6, 6.07) is 2.74. The molecule has 2 N–H and O–H groups in total. The van der Waals surface area contributed by atoms with E-state index in [0.29, 0.717) is 6.04 Å². The van der Waals surface area contributed by atoms with Crippen molar-refractivity contribution in [1.82, 2.24) is 15.3 Å². The molecule has 0 aromatic carbocycles. The lowest BCUT2D eigenvalue weighted by Crippen LogP contribution is -2.34. The van der Waals surface area contributed by atoms with Crippen molar-refractivity contribution < 1.29 is 0 Å². The van der Waals surface area contributed by atoms with Crippen molar-refractivity contribution in [2.45, 2.75) is 19.4 Å². The summed E-state index contributed by atoms with van der Waals surface area (Å²) in [7, 11) is 0. The molecule has 2 aromatic heterocycles. The summed E-state index contributed by atoms with van der Waals surface area (Å²) in [5, 5.41) is 4.68. The molecule has 0 spiro atoms. The Morgan fingerprint density at radius 1 is 1.50 bits per heavy atom. The molecule has 0 aliphatic carbocycles. The smallest absolute Gasteiger partial charge is 0.137 e. The average molecular weight is 187 g/mol. The summed E-state index contributed by atoms with van der Waals surface area (Å²) in [6.45, 7) is 3.22. The predicted molar refractivity (Wildman–Crippen MR) is 56.2 cm³/mol. The molecular weight excluding hydrogens is 174 g/mol. The van der Waals surface area contributed by atoms with E-state index in [1.54, 1.807) is 0 Å². The number of fused-ring (bicyclic) bond motifs is 1. The highest BCUT2D eigenvalue weighted by Crippen LogP contribution is 2.29. The Kier molecular flexibility index (Phi) is 1.61. The van der Waals surface area contributed by atoms with Gasteiger partial charge in [0.05, 0.1) is 0 Å². The van der Waals surface area contributed by atoms with Gasteiger partial charge in [0.25, 0.3) is 0 Å². The largest absolute Gasteiger partial charge is 0.346 e. The van der Waals surface area contributed by atoms with Crippen molar-refractivity contribution >= 4 is 11.0 Å². The van der Waals surface area contributed by atoms with Gasteiger partial charge in [-0.2, -0.15) is 0 Å². The lowest BCUT2D eigenvalue weighted by Gasteiger charge is -2.27. The van der Waals surface area contributed by atoms with Crippen LogP contribution in [-0.4, -0.2) is 16.5 Å². The first-order valence-corrected chi connectivity index (χ1v) is 5.01. The third-order valence-corrected chi connectivity index (χ3v) is 2.90. The second-order valence-corrected chi connectivity index (χ2v) is 3.95. The number of hydrogen-bond donors (Lipinski definition) is 2. The zero-order valence-electron chi connectivity index (χ0n) is 8.17. The lowest BCUT2D eigenvalue weighted by molar-refractivity contribution is 0.385. The van der Waals surface area contributed by atoms with E-state index in [2.05, 4.69) is 34.5 Å². The molecule has 0 amide bonds. The van der Waals surface area contributed by atoms with Crippen LogP contribution in [0.25, 0.3) is 11.0 Å². The Bertz CT molecular complexity index is 468. The van der Waals surface area contributed by atoms with Crippen LogP contribution in [0.5, 0.6) is 0 Å². The first kappa shape index (κ1) is 8.00. The minimum Gasteiger partial charge on any atom is -0.346 e. The van der Waals surface area contributed by atoms with Gasteiger partial charge in [-0.1, -0.05) is 0 Å². The fraction of sp³-hybridized carbons (Fsp3) is 0.364. The van der Waals surface area contributed by atoms with Crippen molar-refractivity contribution in [1.29, 1.82) is 0 Å². The fourth-order valence-corrected chi connectivity index (χ4v) is 1.97. The molecule has 1 aliphatic heterocycles. The predicted octanol–water partition coefficient (Wildman–Crippen LogP) is 1.91. The van der Waals surface area contributed by atoms with Gasteiger partial charge in [0.2, 0.25) is 0 Å². The molecule has 0 radical (unpaired) electrons. The van der Waals surface area contributed by atoms with E-state index >= 15 is 0 Å². The standard InChI is InChI=1S/C11H13N3/c1-7-4-8-9(10-2-3-12-10)6-14-11(8)13-5-7/h4-6,10,12H,2-3H2,1H3,(H,13,14). The van der Waals surface area contributed by atoms with Gasteiger partial charge in [0.1, 0.15) is 5.65 Å². The van der Waals surface area contributed by atoms with E-state index in [1.165, 1.54) is 22.9 Å². The second kappa shape index (κ2) is 2.82. The van der Waals surface area contributed by atoms with Crippen LogP contribution < -0.4 is 5.32 Å². The van der Waals surface area contributed by atoms with Crippen LogP contribution in [0.4, 0.5) is 0 Å². The Hall–Kier alpha value is -1.35. The zero-order chi connectivity index (χ0) is 9.54. The number of rotatable bonds is 1. The van der Waals surface area contributed by atoms with Gasteiger partial charge >= 0.3 is 0 Å². The number of hydrogen-bond acceptors (Lipinski definition) is 2. The molecular formula is C11H13N3. The molecule has 3 heteroatoms. The summed E-state index contributed by atoms with van der Waals surface area (Å²) >= 11 is 0. The van der Waals surface area contributed by atoms with Gasteiger partial charge in [0, 0.05) is 23.8 Å². The molecule has 2 aromatic rings. The van der Waals surface area contributed by atoms with E-state index in [1.807, 2.05) is 6.20 Å². The van der Waals surface area contributed by atoms with Crippen LogP contribution in [0.1, 0.15) is 23.6 Å². The number of pyridine rings is 1. The van der Waals surface area contributed by atoms with Crippen molar-refractivity contribution in [3.63, 3.8) is 0 Å². The van der Waals surface area contributed by atoms with Gasteiger partial charge in [-0.05, 0) is 37.1 Å². The molecule has 1 aliphatic rings. The highest BCUT2D eigenvalue weighted by molar-refractivity contribution is 5.80. The van der Waals surface area contributed by atoms with Gasteiger partial charge in [0.15, 0.2) is 0 Å². The lowest BCUT2D eigenvalue weighted by atomic mass is 9.98. The monoisotopic (exact) mass is 187 g/mol. The van der Waals surface area contributed by atoms with Crippen molar-refractivity contribution in [3.05, 3.63) is 29.6 Å². The van der Waals surface area contributed by atoms with Crippen LogP contribution in [0.2, 0.25) is 0 Å². The quantitative estimate of drug-likeness (QED) is 0.716. The Morgan fingerprint density at radius 2 is 2.36 bits per heavy atom. The second-order valence-electron chi connectivity index (χ2n) is 3.95. The maximum absolute atomic E-state index is 4.36. The summed E-state index contributed by atoms with van der Waals surface area (Å²) in [5.74, 6) is 0. The molecule has 1 atom stereocenters. The molecule has 1 saturated heterocycles. The molecule has 3 heterocycles. The van der Waals surface area contributed by atoms with Gasteiger partial charge in [-0.15, -0.1) is 0 Å². The van der Waals surface area contributed by atoms with E-state index in [9.17, 15) is 0 Å². The molecule has 0 bridgehead atoms. The molecule has 14 heavy (non-hydrogen) atoms. The summed E-state index contributed by atoms with van der Waals surface area (Å²) in [4.78, 5) is 7.57. The van der Waals surface area contributed by atoms with Crippen molar-refractivity contribution in [3.8, 4) is 0 Å². The molecule has 3 nitrogen and oxygen atoms in total. The number of nitrogens with zero attached hydrogens (tertiary/aromatic N) is 1. The maximum Gasteiger partial charge on any atom is 0.137 e. The van der Waals surface area contributed by atoms with Crippen LogP contribution in [-0.2, 0) is 0 Å². The number of aromatic amines is 1. The van der Waals surface area contributed by atoms with E-state index in [0.717, 1.165) is 12.2 Å². The van der Waals surface area contributed by atoms with Crippen molar-refractivity contribution in [2.24, 2.45) is 0 Å². The maximum atomic E-state index is 4.36. The van der Waals surface area contributed by atoms with Gasteiger partial charge in [-0.3, -0.25) is 0 Å². The van der Waals surface area contributed by atoms with Gasteiger partial charge < -0.3 is 10.3 Å². The normalized spacial score (nSPS) is 21.1. The zero-order valence-corrected chi connectivity index (χ0v) is 8.17. The third kappa shape index (κ3) is 1.06. The SMILES string of the molecule is Cc1cnc2[nH]cc(C3CCN3)c2c1. The van der Waals surface area contributed by atoms with E-state index in [4.69, 9.17) is 0 Å². The van der Waals surface area contributed by atoms with Crippen LogP contribution >= 0.6 is 0 Å². The Labute approximate surface area is 82.5 Å². The number of nitrogens with one attached hydrogen (secondary N) is 2. The summed E-state index contributed by atoms with van der Waals surface area (Å²) in [6.07, 6.45) is 5.21. The van der Waals surface area contributed by atoms with Crippen LogP contribution in [0.15, 0.2) is 18.5 Å². The highest BCUT2D eigenvalue weighted by atomic mass is 15.0. The molecule has 0 saturated carbocycles. The third-order valence-electron chi connectivity index (χ3n) is 2.90. The molecule has 3 rings (SSSR count). The van der Waals surface area contributed by atoms with E-state index < -0.39 is 0 Å². The summed E-state index contributed by atoms with van der Waals surface area (Å²) in [5.41, 5.74) is 3.58. The molecule has 72 valence electrons. The Morgan fingerprint density at radius 3 is 3.07 bits per heavy atom. The van der Waals surface area contributed by atoms with E-state index in [-0.39, 0.29) is 0 Å². The average Bonchev–Trinajstić information content (AvgIpc) is 2.46. The number of aryl methyl sites for hydroxylation is 1. The Balaban J connectivity index is 2.18. The van der Waals surface area contributed by atoms with Crippen molar-refractivity contribution in [2.75, 3.05) is 6.54 Å².